The van der Waals surface area contributed by atoms with Crippen LogP contribution < -0.4 is 0 Å². The van der Waals surface area contributed by atoms with Crippen LogP contribution in [0.3, 0.4) is 0 Å². The lowest BCUT2D eigenvalue weighted by Gasteiger charge is -2.20. The van der Waals surface area contributed by atoms with Gasteiger partial charge in [-0.15, -0.1) is 0 Å². The summed E-state index contributed by atoms with van der Waals surface area (Å²) in [6.45, 7) is 0. The van der Waals surface area contributed by atoms with E-state index in [2.05, 4.69) is 162 Å². The van der Waals surface area contributed by atoms with Gasteiger partial charge >= 0.3 is 0 Å². The van der Waals surface area contributed by atoms with Crippen molar-refractivity contribution >= 4 is 54.1 Å². The molecule has 0 atom stereocenters. The van der Waals surface area contributed by atoms with Crippen molar-refractivity contribution in [3.05, 3.63) is 194 Å². The Morgan fingerprint density at radius 2 is 0.691 bits per heavy atom. The third-order valence-corrected chi connectivity index (χ3v) is 10.8. The summed E-state index contributed by atoms with van der Waals surface area (Å²) in [6, 6.07) is 68.8. The molecule has 0 aliphatic rings. The van der Waals surface area contributed by atoms with Crippen molar-refractivity contribution in [2.75, 3.05) is 0 Å². The van der Waals surface area contributed by atoms with E-state index < -0.39 is 0 Å². The fraction of sp³-hybridized carbons (Fsp3) is 0. The van der Waals surface area contributed by atoms with Crippen LogP contribution in [0.5, 0.6) is 0 Å². The predicted molar refractivity (Wildman–Crippen MR) is 228 cm³/mol. The maximum atomic E-state index is 5.22. The van der Waals surface area contributed by atoms with E-state index in [1.165, 1.54) is 32.3 Å². The molecule has 2 heterocycles. The molecule has 256 valence electrons. The number of aromatic nitrogens is 4. The van der Waals surface area contributed by atoms with E-state index in [0.29, 0.717) is 17.5 Å². The smallest absolute Gasteiger partial charge is 0.164 e. The summed E-state index contributed by atoms with van der Waals surface area (Å²) in [5.74, 6) is 1.91. The normalized spacial score (nSPS) is 11.6. The first-order valence-electron chi connectivity index (χ1n) is 18.6. The number of fused-ring (bicyclic) bond motifs is 6. The molecule has 0 N–H and O–H groups in total. The largest absolute Gasteiger partial charge is 0.308 e. The first-order valence-corrected chi connectivity index (χ1v) is 18.6. The van der Waals surface area contributed by atoms with Gasteiger partial charge < -0.3 is 4.57 Å². The second-order valence-corrected chi connectivity index (χ2v) is 14.0. The van der Waals surface area contributed by atoms with Gasteiger partial charge in [0.05, 0.1) is 16.7 Å². The molecule has 0 fully saturated rings. The van der Waals surface area contributed by atoms with Crippen LogP contribution >= 0.6 is 0 Å². The Labute approximate surface area is 317 Å². The second-order valence-electron chi connectivity index (χ2n) is 14.0. The molecular formula is C51H32N4. The molecule has 9 aromatic carbocycles. The molecule has 0 spiro atoms. The SMILES string of the molecule is c1ccc(-c2nc(-c3ccccc3)nc(-c3cc(-c4ccccc4)c(-n4c5cc6ccccc6cc5c5cc6ccccc6cc54)c4ccccc34)n2)cc1. The summed E-state index contributed by atoms with van der Waals surface area (Å²) < 4.78 is 2.50. The highest BCUT2D eigenvalue weighted by Crippen LogP contribution is 2.45. The minimum atomic E-state index is 0.631. The molecule has 55 heavy (non-hydrogen) atoms. The Hall–Kier alpha value is -7.43. The van der Waals surface area contributed by atoms with Crippen LogP contribution in [0, 0.1) is 0 Å². The van der Waals surface area contributed by atoms with Crippen LogP contribution in [0.4, 0.5) is 0 Å². The predicted octanol–water partition coefficient (Wildman–Crippen LogP) is 13.1. The van der Waals surface area contributed by atoms with E-state index in [4.69, 9.17) is 15.0 Å². The average Bonchev–Trinajstić information content (AvgIpc) is 3.56. The number of hydrogen-bond donors (Lipinski definition) is 0. The van der Waals surface area contributed by atoms with Gasteiger partial charge in [0, 0.05) is 38.4 Å². The van der Waals surface area contributed by atoms with Gasteiger partial charge in [0.25, 0.3) is 0 Å². The first kappa shape index (κ1) is 31.1. The van der Waals surface area contributed by atoms with E-state index in [9.17, 15) is 0 Å². The number of hydrogen-bond acceptors (Lipinski definition) is 3. The molecule has 11 aromatic rings. The van der Waals surface area contributed by atoms with Gasteiger partial charge in [0.2, 0.25) is 0 Å². The van der Waals surface area contributed by atoms with Crippen LogP contribution in [0.15, 0.2) is 194 Å². The van der Waals surface area contributed by atoms with Gasteiger partial charge in [0.15, 0.2) is 17.5 Å². The lowest BCUT2D eigenvalue weighted by molar-refractivity contribution is 1.08. The first-order chi connectivity index (χ1) is 27.3. The summed E-state index contributed by atoms with van der Waals surface area (Å²) in [7, 11) is 0. The van der Waals surface area contributed by atoms with Crippen LogP contribution in [0.2, 0.25) is 0 Å². The quantitative estimate of drug-likeness (QED) is 0.179. The van der Waals surface area contributed by atoms with Crippen molar-refractivity contribution in [3.8, 4) is 51.0 Å². The zero-order chi connectivity index (χ0) is 36.3. The zero-order valence-electron chi connectivity index (χ0n) is 29.8. The molecule has 0 amide bonds. The topological polar surface area (TPSA) is 43.6 Å². The lowest BCUT2D eigenvalue weighted by atomic mass is 9.93. The molecule has 0 aliphatic carbocycles. The van der Waals surface area contributed by atoms with E-state index in [0.717, 1.165) is 55.3 Å². The van der Waals surface area contributed by atoms with Gasteiger partial charge in [-0.2, -0.15) is 0 Å². The summed E-state index contributed by atoms with van der Waals surface area (Å²) >= 11 is 0. The highest BCUT2D eigenvalue weighted by molar-refractivity contribution is 6.18. The summed E-state index contributed by atoms with van der Waals surface area (Å²) in [6.07, 6.45) is 0. The summed E-state index contributed by atoms with van der Waals surface area (Å²) in [5.41, 5.74) is 8.49. The van der Waals surface area contributed by atoms with Crippen molar-refractivity contribution in [1.29, 1.82) is 0 Å². The van der Waals surface area contributed by atoms with Crippen molar-refractivity contribution in [1.82, 2.24) is 19.5 Å². The fourth-order valence-electron chi connectivity index (χ4n) is 8.18. The molecule has 4 nitrogen and oxygen atoms in total. The van der Waals surface area contributed by atoms with Crippen molar-refractivity contribution < 1.29 is 0 Å². The lowest BCUT2D eigenvalue weighted by Crippen LogP contribution is -2.03. The van der Waals surface area contributed by atoms with Gasteiger partial charge in [-0.3, -0.25) is 0 Å². The molecule has 4 heteroatoms. The van der Waals surface area contributed by atoms with Crippen molar-refractivity contribution in [2.24, 2.45) is 0 Å². The Morgan fingerprint density at radius 3 is 1.20 bits per heavy atom. The highest BCUT2D eigenvalue weighted by atomic mass is 15.0. The minimum absolute atomic E-state index is 0.631. The number of benzene rings is 9. The van der Waals surface area contributed by atoms with E-state index in [1.54, 1.807) is 0 Å². The molecule has 0 unspecified atom stereocenters. The number of nitrogens with zero attached hydrogens (tertiary/aromatic N) is 4. The Morgan fingerprint density at radius 1 is 0.291 bits per heavy atom. The molecule has 0 saturated heterocycles. The van der Waals surface area contributed by atoms with E-state index in [1.807, 2.05) is 36.4 Å². The maximum absolute atomic E-state index is 5.22. The van der Waals surface area contributed by atoms with Gasteiger partial charge in [0.1, 0.15) is 0 Å². The highest BCUT2D eigenvalue weighted by Gasteiger charge is 2.23. The number of rotatable bonds is 5. The van der Waals surface area contributed by atoms with Crippen molar-refractivity contribution in [3.63, 3.8) is 0 Å². The van der Waals surface area contributed by atoms with Crippen LogP contribution in [-0.4, -0.2) is 19.5 Å². The average molecular weight is 701 g/mol. The van der Waals surface area contributed by atoms with E-state index in [-0.39, 0.29) is 0 Å². The second kappa shape index (κ2) is 12.6. The fourth-order valence-corrected chi connectivity index (χ4v) is 8.18. The van der Waals surface area contributed by atoms with Gasteiger partial charge in [-0.1, -0.05) is 164 Å². The Bertz CT molecular complexity index is 3090. The maximum Gasteiger partial charge on any atom is 0.164 e. The summed E-state index contributed by atoms with van der Waals surface area (Å²) in [5, 5.41) is 9.50. The molecule has 0 saturated carbocycles. The van der Waals surface area contributed by atoms with E-state index >= 15 is 0 Å². The molecule has 2 aromatic heterocycles. The zero-order valence-corrected chi connectivity index (χ0v) is 29.8. The molecule has 11 rings (SSSR count). The third-order valence-electron chi connectivity index (χ3n) is 10.8. The minimum Gasteiger partial charge on any atom is -0.308 e. The Balaban J connectivity index is 1.29. The molecule has 0 aliphatic heterocycles. The van der Waals surface area contributed by atoms with Gasteiger partial charge in [-0.05, 0) is 62.8 Å². The van der Waals surface area contributed by atoms with Crippen molar-refractivity contribution in [2.45, 2.75) is 0 Å². The molecule has 0 radical (unpaired) electrons. The molecular weight excluding hydrogens is 669 g/mol. The van der Waals surface area contributed by atoms with Gasteiger partial charge in [-0.25, -0.2) is 15.0 Å². The van der Waals surface area contributed by atoms with Crippen LogP contribution in [0.25, 0.3) is 105 Å². The van der Waals surface area contributed by atoms with Crippen LogP contribution in [-0.2, 0) is 0 Å². The standard InChI is InChI=1S/C51H32N4/c1-4-16-33(17-5-1)42-32-45(51-53-49(34-18-6-2-7-19-34)52-50(54-51)35-20-8-3-9-21-35)40-26-14-15-27-41(40)48(42)55-46-30-38-24-12-10-22-36(38)28-43(46)44-29-37-23-11-13-25-39(37)31-47(44)55/h1-32H. The summed E-state index contributed by atoms with van der Waals surface area (Å²) in [4.78, 5) is 15.4. The third kappa shape index (κ3) is 5.19. The Kier molecular flexibility index (Phi) is 7.14. The monoisotopic (exact) mass is 700 g/mol. The molecule has 0 bridgehead atoms. The van der Waals surface area contributed by atoms with Crippen LogP contribution in [0.1, 0.15) is 0 Å².